The highest BCUT2D eigenvalue weighted by molar-refractivity contribution is 9.09. The smallest absolute Gasteiger partial charge is 0.186 e. The van der Waals surface area contributed by atoms with Crippen LogP contribution in [0.5, 0.6) is 0 Å². The molecule has 226 valence electrons. The lowest BCUT2D eigenvalue weighted by molar-refractivity contribution is -0.327. The summed E-state index contributed by atoms with van der Waals surface area (Å²) >= 11 is 3.49. The number of halogens is 1. The molecule has 1 saturated heterocycles. The van der Waals surface area contributed by atoms with Gasteiger partial charge in [0.2, 0.25) is 0 Å². The molecule has 0 N–H and O–H groups in total. The van der Waals surface area contributed by atoms with Crippen LogP contribution >= 0.6 is 15.9 Å². The SMILES string of the molecule is BrCCO[C@H]1O[C@H](COCc2ccccc2)[C@H](OCc2ccccc2)[C@H](OCc2ccccc2)[C@H]1OCc1ccccc1. The molecule has 0 aliphatic carbocycles. The average Bonchev–Trinajstić information content (AvgIpc) is 3.07. The Balaban J connectivity index is 1.41. The minimum absolute atomic E-state index is 0.305. The summed E-state index contributed by atoms with van der Waals surface area (Å²) in [6.07, 6.45) is -2.65. The van der Waals surface area contributed by atoms with Gasteiger partial charge in [-0.2, -0.15) is 0 Å². The second kappa shape index (κ2) is 17.4. The van der Waals surface area contributed by atoms with Crippen molar-refractivity contribution in [1.82, 2.24) is 0 Å². The van der Waals surface area contributed by atoms with E-state index in [9.17, 15) is 0 Å². The van der Waals surface area contributed by atoms with Crippen molar-refractivity contribution in [3.63, 3.8) is 0 Å². The topological polar surface area (TPSA) is 55.4 Å². The van der Waals surface area contributed by atoms with Gasteiger partial charge in [-0.15, -0.1) is 0 Å². The number of hydrogen-bond donors (Lipinski definition) is 0. The van der Waals surface area contributed by atoms with Crippen LogP contribution in [0.15, 0.2) is 121 Å². The predicted octanol–water partition coefficient (Wildman–Crippen LogP) is 7.10. The summed E-state index contributed by atoms with van der Waals surface area (Å²) in [5, 5.41) is 0.664. The average molecular weight is 648 g/mol. The minimum atomic E-state index is -0.677. The second-order valence-corrected chi connectivity index (χ2v) is 11.2. The fourth-order valence-corrected chi connectivity index (χ4v) is 5.23. The molecule has 1 aliphatic rings. The molecular weight excluding hydrogens is 608 g/mol. The zero-order valence-electron chi connectivity index (χ0n) is 24.2. The van der Waals surface area contributed by atoms with Crippen molar-refractivity contribution < 1.29 is 28.4 Å². The molecule has 1 heterocycles. The minimum Gasteiger partial charge on any atom is -0.374 e. The molecule has 0 bridgehead atoms. The first kappa shape index (κ1) is 31.5. The molecule has 0 spiro atoms. The van der Waals surface area contributed by atoms with Gasteiger partial charge in [-0.05, 0) is 22.3 Å². The molecule has 0 saturated carbocycles. The maximum Gasteiger partial charge on any atom is 0.186 e. The van der Waals surface area contributed by atoms with Crippen LogP contribution in [0.1, 0.15) is 22.3 Å². The molecule has 43 heavy (non-hydrogen) atoms. The van der Waals surface area contributed by atoms with Crippen molar-refractivity contribution in [1.29, 1.82) is 0 Å². The third kappa shape index (κ3) is 9.81. The Kier molecular flexibility index (Phi) is 12.8. The first-order valence-electron chi connectivity index (χ1n) is 14.7. The van der Waals surface area contributed by atoms with Crippen LogP contribution in [-0.2, 0) is 54.8 Å². The molecule has 4 aromatic rings. The van der Waals surface area contributed by atoms with Crippen LogP contribution in [0.3, 0.4) is 0 Å². The summed E-state index contributed by atoms with van der Waals surface area (Å²) in [4.78, 5) is 0. The molecule has 5 rings (SSSR count). The molecule has 1 fully saturated rings. The van der Waals surface area contributed by atoms with Gasteiger partial charge in [-0.25, -0.2) is 0 Å². The van der Waals surface area contributed by atoms with Crippen molar-refractivity contribution in [2.45, 2.75) is 57.1 Å². The number of alkyl halides is 1. The van der Waals surface area contributed by atoms with Crippen LogP contribution in [-0.4, -0.2) is 49.2 Å². The number of ether oxygens (including phenoxy) is 6. The Labute approximate surface area is 263 Å². The molecule has 1 aliphatic heterocycles. The van der Waals surface area contributed by atoms with E-state index in [0.717, 1.165) is 22.3 Å². The van der Waals surface area contributed by atoms with E-state index in [2.05, 4.69) is 40.2 Å². The van der Waals surface area contributed by atoms with Gasteiger partial charge < -0.3 is 28.4 Å². The maximum absolute atomic E-state index is 6.70. The van der Waals surface area contributed by atoms with Crippen molar-refractivity contribution in [3.05, 3.63) is 144 Å². The Morgan fingerprint density at radius 2 is 0.907 bits per heavy atom. The van der Waals surface area contributed by atoms with Gasteiger partial charge in [-0.3, -0.25) is 0 Å². The van der Waals surface area contributed by atoms with E-state index < -0.39 is 30.7 Å². The highest BCUT2D eigenvalue weighted by Gasteiger charge is 2.49. The Morgan fingerprint density at radius 3 is 1.37 bits per heavy atom. The fraction of sp³-hybridized carbons (Fsp3) is 0.333. The third-order valence-electron chi connectivity index (χ3n) is 7.20. The van der Waals surface area contributed by atoms with Gasteiger partial charge in [-0.1, -0.05) is 137 Å². The molecule has 7 heteroatoms. The molecule has 0 radical (unpaired) electrons. The molecule has 0 amide bonds. The zero-order valence-corrected chi connectivity index (χ0v) is 25.8. The van der Waals surface area contributed by atoms with Crippen LogP contribution in [0.25, 0.3) is 0 Å². The van der Waals surface area contributed by atoms with Crippen LogP contribution in [0, 0.1) is 0 Å². The van der Waals surface area contributed by atoms with Gasteiger partial charge >= 0.3 is 0 Å². The van der Waals surface area contributed by atoms with E-state index in [0.29, 0.717) is 45.0 Å². The normalized spacial score (nSPS) is 21.9. The summed E-state index contributed by atoms with van der Waals surface area (Å²) in [5.41, 5.74) is 4.27. The van der Waals surface area contributed by atoms with Crippen molar-refractivity contribution in [2.75, 3.05) is 18.5 Å². The summed E-state index contributed by atoms with van der Waals surface area (Å²) < 4.78 is 39.0. The Bertz CT molecular complexity index is 1290. The largest absolute Gasteiger partial charge is 0.374 e. The van der Waals surface area contributed by atoms with E-state index in [1.54, 1.807) is 0 Å². The van der Waals surface area contributed by atoms with E-state index in [-0.39, 0.29) is 0 Å². The fourth-order valence-electron chi connectivity index (χ4n) is 5.04. The quantitative estimate of drug-likeness (QED) is 0.121. The van der Waals surface area contributed by atoms with Gasteiger partial charge in [0, 0.05) is 5.33 Å². The second-order valence-electron chi connectivity index (χ2n) is 10.4. The van der Waals surface area contributed by atoms with Crippen molar-refractivity contribution in [3.8, 4) is 0 Å². The lowest BCUT2D eigenvalue weighted by Gasteiger charge is -2.45. The molecule has 0 aromatic heterocycles. The van der Waals surface area contributed by atoms with Gasteiger partial charge in [0.25, 0.3) is 0 Å². The lowest BCUT2D eigenvalue weighted by Crippen LogP contribution is -2.61. The van der Waals surface area contributed by atoms with Crippen LogP contribution < -0.4 is 0 Å². The molecular formula is C36H39BrO6. The maximum atomic E-state index is 6.70. The van der Waals surface area contributed by atoms with Crippen LogP contribution in [0.2, 0.25) is 0 Å². The van der Waals surface area contributed by atoms with Crippen molar-refractivity contribution in [2.24, 2.45) is 0 Å². The Morgan fingerprint density at radius 1 is 0.488 bits per heavy atom. The Hall–Kier alpha value is -2.88. The van der Waals surface area contributed by atoms with Gasteiger partial charge in [0.1, 0.15) is 24.4 Å². The van der Waals surface area contributed by atoms with Crippen molar-refractivity contribution >= 4 is 15.9 Å². The highest BCUT2D eigenvalue weighted by Crippen LogP contribution is 2.31. The number of benzene rings is 4. The van der Waals surface area contributed by atoms with E-state index in [1.807, 2.05) is 97.1 Å². The van der Waals surface area contributed by atoms with Crippen LogP contribution in [0.4, 0.5) is 0 Å². The van der Waals surface area contributed by atoms with Gasteiger partial charge in [0.15, 0.2) is 6.29 Å². The summed E-state index contributed by atoms with van der Waals surface area (Å²) in [7, 11) is 0. The lowest BCUT2D eigenvalue weighted by atomic mass is 9.97. The number of hydrogen-bond acceptors (Lipinski definition) is 6. The molecule has 5 atom stereocenters. The molecule has 6 nitrogen and oxygen atoms in total. The van der Waals surface area contributed by atoms with E-state index in [4.69, 9.17) is 28.4 Å². The third-order valence-corrected chi connectivity index (χ3v) is 7.52. The first-order chi connectivity index (χ1) is 21.3. The molecule has 0 unspecified atom stereocenters. The summed E-state index contributed by atoms with van der Waals surface area (Å²) in [6, 6.07) is 40.4. The molecule has 4 aromatic carbocycles. The van der Waals surface area contributed by atoms with E-state index in [1.165, 1.54) is 0 Å². The zero-order chi connectivity index (χ0) is 29.5. The number of rotatable bonds is 16. The predicted molar refractivity (Wildman–Crippen MR) is 170 cm³/mol. The van der Waals surface area contributed by atoms with Gasteiger partial charge in [0.05, 0.1) is 39.6 Å². The first-order valence-corrected chi connectivity index (χ1v) is 15.8. The van der Waals surface area contributed by atoms with E-state index >= 15 is 0 Å². The summed E-state index contributed by atoms with van der Waals surface area (Å²) in [5.74, 6) is 0. The monoisotopic (exact) mass is 646 g/mol. The summed E-state index contributed by atoms with van der Waals surface area (Å²) in [6.45, 7) is 2.39. The standard InChI is InChI=1S/C36H39BrO6/c37-21-22-39-36-35(42-26-31-19-11-4-12-20-31)34(41-25-30-17-9-3-10-18-30)33(40-24-29-15-7-2-8-16-29)32(43-36)27-38-23-28-13-5-1-6-14-28/h1-20,32-36H,21-27H2/t32-,33+,34+,35-,36+/m1/s1. The highest BCUT2D eigenvalue weighted by atomic mass is 79.9.